The Labute approximate surface area is 142 Å². The molecule has 0 amide bonds. The molecule has 0 unspecified atom stereocenters. The molecule has 0 aliphatic heterocycles. The summed E-state index contributed by atoms with van der Waals surface area (Å²) in [4.78, 5) is 28.4. The number of thiophene rings is 1. The molecule has 0 N–H and O–H groups in total. The standard InChI is InChI=1S/C17H16N2O4S/c1-11-9-24-15-14(11)18-10-19(16(15)20)7-8-23-13-6-4-3-5-12(13)17(21)22-2/h3-6,9-10H,7-8H2,1-2H3. The third kappa shape index (κ3) is 3.03. The number of hydrogen-bond donors (Lipinski definition) is 0. The second-order valence-electron chi connectivity index (χ2n) is 5.18. The number of nitrogens with zero attached hydrogens (tertiary/aromatic N) is 2. The van der Waals surface area contributed by atoms with Gasteiger partial charge in [-0.1, -0.05) is 12.1 Å². The summed E-state index contributed by atoms with van der Waals surface area (Å²) in [5.41, 5.74) is 2.03. The molecule has 3 aromatic rings. The number of benzene rings is 1. The summed E-state index contributed by atoms with van der Waals surface area (Å²) in [5.74, 6) is -0.0293. The molecule has 2 aromatic heterocycles. The van der Waals surface area contributed by atoms with E-state index < -0.39 is 5.97 Å². The molecule has 6 nitrogen and oxygen atoms in total. The zero-order valence-corrected chi connectivity index (χ0v) is 14.1. The number of aromatic nitrogens is 2. The van der Waals surface area contributed by atoms with Gasteiger partial charge in [0.05, 0.1) is 25.5 Å². The Bertz CT molecular complexity index is 945. The van der Waals surface area contributed by atoms with Gasteiger partial charge in [0.15, 0.2) is 0 Å². The molecule has 2 heterocycles. The largest absolute Gasteiger partial charge is 0.491 e. The topological polar surface area (TPSA) is 70.4 Å². The maximum absolute atomic E-state index is 12.4. The van der Waals surface area contributed by atoms with Crippen LogP contribution in [0.3, 0.4) is 0 Å². The molecule has 124 valence electrons. The summed E-state index contributed by atoms with van der Waals surface area (Å²) < 4.78 is 12.5. The number of carbonyl (C=O) groups excluding carboxylic acids is 1. The number of fused-ring (bicyclic) bond motifs is 1. The Balaban J connectivity index is 1.75. The Hall–Kier alpha value is -2.67. The lowest BCUT2D eigenvalue weighted by Crippen LogP contribution is -2.23. The van der Waals surface area contributed by atoms with Gasteiger partial charge >= 0.3 is 5.97 Å². The lowest BCUT2D eigenvalue weighted by atomic mass is 10.2. The minimum Gasteiger partial charge on any atom is -0.491 e. The van der Waals surface area contributed by atoms with Crippen molar-refractivity contribution in [3.63, 3.8) is 0 Å². The van der Waals surface area contributed by atoms with Crippen molar-refractivity contribution in [3.05, 3.63) is 57.5 Å². The first-order chi connectivity index (χ1) is 11.6. The molecule has 24 heavy (non-hydrogen) atoms. The summed E-state index contributed by atoms with van der Waals surface area (Å²) in [6.07, 6.45) is 1.53. The van der Waals surface area contributed by atoms with Crippen LogP contribution in [0.4, 0.5) is 0 Å². The van der Waals surface area contributed by atoms with E-state index in [1.807, 2.05) is 12.3 Å². The highest BCUT2D eigenvalue weighted by atomic mass is 32.1. The van der Waals surface area contributed by atoms with Crippen LogP contribution >= 0.6 is 11.3 Å². The van der Waals surface area contributed by atoms with Gasteiger partial charge in [-0.25, -0.2) is 9.78 Å². The molecule has 0 saturated heterocycles. The zero-order chi connectivity index (χ0) is 17.1. The highest BCUT2D eigenvalue weighted by Crippen LogP contribution is 2.20. The molecule has 0 bridgehead atoms. The van der Waals surface area contributed by atoms with Crippen LogP contribution in [0, 0.1) is 6.92 Å². The summed E-state index contributed by atoms with van der Waals surface area (Å²) in [5, 5.41) is 1.92. The molecule has 0 fully saturated rings. The van der Waals surface area contributed by atoms with Crippen LogP contribution in [-0.4, -0.2) is 29.2 Å². The van der Waals surface area contributed by atoms with Crippen LogP contribution in [0.2, 0.25) is 0 Å². The van der Waals surface area contributed by atoms with Gasteiger partial charge in [0.1, 0.15) is 22.6 Å². The van der Waals surface area contributed by atoms with Crippen LogP contribution in [-0.2, 0) is 11.3 Å². The quantitative estimate of drug-likeness (QED) is 0.666. The van der Waals surface area contributed by atoms with Gasteiger partial charge in [0.25, 0.3) is 5.56 Å². The minimum absolute atomic E-state index is 0.0806. The summed E-state index contributed by atoms with van der Waals surface area (Å²) in [7, 11) is 1.32. The first kappa shape index (κ1) is 16.2. The van der Waals surface area contributed by atoms with E-state index in [1.165, 1.54) is 29.3 Å². The average molecular weight is 344 g/mol. The molecule has 3 rings (SSSR count). The third-order valence-corrected chi connectivity index (χ3v) is 4.68. The van der Waals surface area contributed by atoms with E-state index >= 15 is 0 Å². The van der Waals surface area contributed by atoms with Crippen molar-refractivity contribution in [2.45, 2.75) is 13.5 Å². The fourth-order valence-corrected chi connectivity index (χ4v) is 3.29. The lowest BCUT2D eigenvalue weighted by molar-refractivity contribution is 0.0596. The van der Waals surface area contributed by atoms with E-state index in [1.54, 1.807) is 24.3 Å². The van der Waals surface area contributed by atoms with E-state index in [2.05, 4.69) is 4.98 Å². The fraction of sp³-hybridized carbons (Fsp3) is 0.235. The van der Waals surface area contributed by atoms with Crippen molar-refractivity contribution in [1.29, 1.82) is 0 Å². The normalized spacial score (nSPS) is 10.8. The van der Waals surface area contributed by atoms with Crippen LogP contribution in [0.15, 0.2) is 40.8 Å². The molecule has 7 heteroatoms. The second-order valence-corrected chi connectivity index (χ2v) is 6.06. The summed E-state index contributed by atoms with van der Waals surface area (Å²) >= 11 is 1.40. The maximum Gasteiger partial charge on any atom is 0.341 e. The van der Waals surface area contributed by atoms with Crippen LogP contribution in [0.5, 0.6) is 5.75 Å². The van der Waals surface area contributed by atoms with E-state index in [9.17, 15) is 9.59 Å². The first-order valence-electron chi connectivity index (χ1n) is 7.35. The molecule has 0 radical (unpaired) electrons. The number of aryl methyl sites for hydroxylation is 1. The number of rotatable bonds is 5. The predicted octanol–water partition coefficient (Wildman–Crippen LogP) is 2.63. The van der Waals surface area contributed by atoms with E-state index in [4.69, 9.17) is 9.47 Å². The number of hydrogen-bond acceptors (Lipinski definition) is 6. The number of methoxy groups -OCH3 is 1. The van der Waals surface area contributed by atoms with Gasteiger partial charge in [-0.15, -0.1) is 11.3 Å². The van der Waals surface area contributed by atoms with Crippen molar-refractivity contribution >= 4 is 27.5 Å². The highest BCUT2D eigenvalue weighted by Gasteiger charge is 2.12. The number of esters is 1. The molecule has 0 aliphatic carbocycles. The van der Waals surface area contributed by atoms with Crippen LogP contribution in [0.1, 0.15) is 15.9 Å². The molecule has 0 spiro atoms. The van der Waals surface area contributed by atoms with Crippen molar-refractivity contribution < 1.29 is 14.3 Å². The van der Waals surface area contributed by atoms with Gasteiger partial charge in [-0.05, 0) is 30.0 Å². The van der Waals surface area contributed by atoms with Gasteiger partial charge in [0, 0.05) is 0 Å². The molecule has 0 aliphatic rings. The smallest absolute Gasteiger partial charge is 0.341 e. The van der Waals surface area contributed by atoms with Crippen LogP contribution < -0.4 is 10.3 Å². The summed E-state index contributed by atoms with van der Waals surface area (Å²) in [6, 6.07) is 6.84. The van der Waals surface area contributed by atoms with Crippen LogP contribution in [0.25, 0.3) is 10.2 Å². The molecule has 0 saturated carbocycles. The maximum atomic E-state index is 12.4. The first-order valence-corrected chi connectivity index (χ1v) is 8.23. The van der Waals surface area contributed by atoms with Gasteiger partial charge in [-0.2, -0.15) is 0 Å². The summed E-state index contributed by atoms with van der Waals surface area (Å²) in [6.45, 7) is 2.52. The predicted molar refractivity (Wildman–Crippen MR) is 91.9 cm³/mol. The SMILES string of the molecule is COC(=O)c1ccccc1OCCn1cnc2c(C)csc2c1=O. The highest BCUT2D eigenvalue weighted by molar-refractivity contribution is 7.17. The number of carbonyl (C=O) groups is 1. The number of ether oxygens (including phenoxy) is 2. The Morgan fingerprint density at radius 1 is 1.33 bits per heavy atom. The Morgan fingerprint density at radius 3 is 2.92 bits per heavy atom. The lowest BCUT2D eigenvalue weighted by Gasteiger charge is -2.11. The minimum atomic E-state index is -0.458. The van der Waals surface area contributed by atoms with Gasteiger partial charge in [0.2, 0.25) is 0 Å². The Kier molecular flexibility index (Phi) is 4.61. The zero-order valence-electron chi connectivity index (χ0n) is 13.3. The number of para-hydroxylation sites is 1. The molecule has 1 aromatic carbocycles. The van der Waals surface area contributed by atoms with Crippen molar-refractivity contribution in [3.8, 4) is 5.75 Å². The second kappa shape index (κ2) is 6.84. The van der Waals surface area contributed by atoms with Crippen molar-refractivity contribution in [1.82, 2.24) is 9.55 Å². The fourth-order valence-electron chi connectivity index (χ4n) is 2.34. The molecule has 0 atom stereocenters. The van der Waals surface area contributed by atoms with E-state index in [-0.39, 0.29) is 12.2 Å². The molecular weight excluding hydrogens is 328 g/mol. The van der Waals surface area contributed by atoms with E-state index in [0.29, 0.717) is 22.6 Å². The van der Waals surface area contributed by atoms with Crippen molar-refractivity contribution in [2.24, 2.45) is 0 Å². The van der Waals surface area contributed by atoms with Gasteiger partial charge in [-0.3, -0.25) is 9.36 Å². The molecular formula is C17H16N2O4S. The Morgan fingerprint density at radius 2 is 2.12 bits per heavy atom. The van der Waals surface area contributed by atoms with E-state index in [0.717, 1.165) is 11.1 Å². The monoisotopic (exact) mass is 344 g/mol. The average Bonchev–Trinajstić information content (AvgIpc) is 2.98. The van der Waals surface area contributed by atoms with Gasteiger partial charge < -0.3 is 9.47 Å². The van der Waals surface area contributed by atoms with Crippen molar-refractivity contribution in [2.75, 3.05) is 13.7 Å². The third-order valence-electron chi connectivity index (χ3n) is 3.61.